The summed E-state index contributed by atoms with van der Waals surface area (Å²) in [6.45, 7) is 6.61. The average molecular weight is 386 g/mol. The highest BCUT2D eigenvalue weighted by Gasteiger charge is 2.31. The van der Waals surface area contributed by atoms with E-state index in [1.54, 1.807) is 9.80 Å². The Bertz CT molecular complexity index is 637. The molecule has 0 spiro atoms. The Labute approximate surface area is 157 Å². The molecule has 1 aliphatic rings. The van der Waals surface area contributed by atoms with Crippen molar-refractivity contribution in [1.82, 2.24) is 9.80 Å². The second kappa shape index (κ2) is 9.21. The molecule has 1 aromatic rings. The van der Waals surface area contributed by atoms with E-state index in [9.17, 15) is 22.8 Å². The SMILES string of the molecule is CC(C)COCCC(=O)N1CCN(C(=O)c2ccc(C(F)(F)F)cc2)CC1. The number of carbonyl (C=O) groups excluding carboxylic acids is 2. The fourth-order valence-electron chi connectivity index (χ4n) is 2.78. The van der Waals surface area contributed by atoms with Gasteiger partial charge < -0.3 is 14.5 Å². The summed E-state index contributed by atoms with van der Waals surface area (Å²) in [4.78, 5) is 27.8. The van der Waals surface area contributed by atoms with Crippen LogP contribution in [-0.4, -0.2) is 61.0 Å². The molecule has 150 valence electrons. The average Bonchev–Trinajstić information content (AvgIpc) is 2.64. The van der Waals surface area contributed by atoms with Crippen molar-refractivity contribution in [3.8, 4) is 0 Å². The molecule has 1 fully saturated rings. The number of carbonyl (C=O) groups is 2. The number of rotatable bonds is 6. The highest BCUT2D eigenvalue weighted by Crippen LogP contribution is 2.29. The van der Waals surface area contributed by atoms with E-state index in [0.717, 1.165) is 12.1 Å². The lowest BCUT2D eigenvalue weighted by atomic mass is 10.1. The Morgan fingerprint density at radius 2 is 1.59 bits per heavy atom. The van der Waals surface area contributed by atoms with Crippen molar-refractivity contribution in [2.75, 3.05) is 39.4 Å². The standard InChI is InChI=1S/C19H25F3N2O3/c1-14(2)13-27-12-7-17(25)23-8-10-24(11-9-23)18(26)15-3-5-16(6-4-15)19(20,21)22/h3-6,14H,7-13H2,1-2H3. The van der Waals surface area contributed by atoms with Crippen molar-refractivity contribution >= 4 is 11.8 Å². The number of piperazine rings is 1. The van der Waals surface area contributed by atoms with E-state index < -0.39 is 11.7 Å². The van der Waals surface area contributed by atoms with Gasteiger partial charge in [-0.1, -0.05) is 13.8 Å². The van der Waals surface area contributed by atoms with Gasteiger partial charge in [0, 0.05) is 38.3 Å². The van der Waals surface area contributed by atoms with Crippen LogP contribution in [0, 0.1) is 5.92 Å². The molecule has 2 rings (SSSR count). The maximum atomic E-state index is 12.6. The summed E-state index contributed by atoms with van der Waals surface area (Å²) in [6, 6.07) is 4.19. The van der Waals surface area contributed by atoms with Crippen LogP contribution in [0.25, 0.3) is 0 Å². The molecule has 0 atom stereocenters. The summed E-state index contributed by atoms with van der Waals surface area (Å²) < 4.78 is 43.2. The molecule has 2 amide bonds. The topological polar surface area (TPSA) is 49.9 Å². The van der Waals surface area contributed by atoms with Gasteiger partial charge in [-0.3, -0.25) is 9.59 Å². The third-order valence-electron chi connectivity index (χ3n) is 4.29. The molecule has 0 bridgehead atoms. The Kier molecular flexibility index (Phi) is 7.24. The Balaban J connectivity index is 1.81. The van der Waals surface area contributed by atoms with Gasteiger partial charge in [-0.05, 0) is 30.2 Å². The molecule has 0 radical (unpaired) electrons. The molecule has 5 nitrogen and oxygen atoms in total. The molecule has 1 aliphatic heterocycles. The summed E-state index contributed by atoms with van der Waals surface area (Å²) >= 11 is 0. The van der Waals surface area contributed by atoms with Crippen LogP contribution in [-0.2, 0) is 15.7 Å². The Hall–Kier alpha value is -2.09. The van der Waals surface area contributed by atoms with Crippen LogP contribution in [0.1, 0.15) is 36.2 Å². The number of hydrogen-bond acceptors (Lipinski definition) is 3. The normalized spacial score (nSPS) is 15.3. The number of halogens is 3. The van der Waals surface area contributed by atoms with Gasteiger partial charge in [-0.2, -0.15) is 13.2 Å². The molecule has 1 heterocycles. The predicted octanol–water partition coefficient (Wildman–Crippen LogP) is 3.05. The maximum absolute atomic E-state index is 12.6. The van der Waals surface area contributed by atoms with E-state index >= 15 is 0 Å². The molecular formula is C19H25F3N2O3. The monoisotopic (exact) mass is 386 g/mol. The van der Waals surface area contributed by atoms with E-state index in [4.69, 9.17) is 4.74 Å². The lowest BCUT2D eigenvalue weighted by Crippen LogP contribution is -2.50. The molecule has 1 aromatic carbocycles. The first-order valence-corrected chi connectivity index (χ1v) is 9.00. The van der Waals surface area contributed by atoms with Crippen LogP contribution in [0.4, 0.5) is 13.2 Å². The van der Waals surface area contributed by atoms with Gasteiger partial charge in [0.15, 0.2) is 0 Å². The minimum absolute atomic E-state index is 0.0135. The number of ether oxygens (including phenoxy) is 1. The van der Waals surface area contributed by atoms with Crippen LogP contribution in [0.3, 0.4) is 0 Å². The van der Waals surface area contributed by atoms with Crippen LogP contribution < -0.4 is 0 Å². The molecule has 8 heteroatoms. The zero-order valence-corrected chi connectivity index (χ0v) is 15.6. The van der Waals surface area contributed by atoms with Crippen molar-refractivity contribution in [3.05, 3.63) is 35.4 Å². The third-order valence-corrected chi connectivity index (χ3v) is 4.29. The first-order chi connectivity index (χ1) is 12.7. The molecular weight excluding hydrogens is 361 g/mol. The molecule has 0 N–H and O–H groups in total. The van der Waals surface area contributed by atoms with Gasteiger partial charge in [-0.25, -0.2) is 0 Å². The minimum atomic E-state index is -4.42. The van der Waals surface area contributed by atoms with E-state index in [-0.39, 0.29) is 17.4 Å². The zero-order chi connectivity index (χ0) is 20.0. The Morgan fingerprint density at radius 3 is 2.11 bits per heavy atom. The first-order valence-electron chi connectivity index (χ1n) is 9.00. The quantitative estimate of drug-likeness (QED) is 0.706. The van der Waals surface area contributed by atoms with Crippen LogP contribution in [0.2, 0.25) is 0 Å². The highest BCUT2D eigenvalue weighted by atomic mass is 19.4. The zero-order valence-electron chi connectivity index (χ0n) is 15.6. The first kappa shape index (κ1) is 21.2. The second-order valence-corrected chi connectivity index (χ2v) is 6.97. The van der Waals surface area contributed by atoms with E-state index in [1.807, 2.05) is 13.8 Å². The molecule has 0 aromatic heterocycles. The summed E-state index contributed by atoms with van der Waals surface area (Å²) in [6.07, 6.45) is -4.12. The number of hydrogen-bond donors (Lipinski definition) is 0. The highest BCUT2D eigenvalue weighted by molar-refractivity contribution is 5.94. The molecule has 0 unspecified atom stereocenters. The lowest BCUT2D eigenvalue weighted by molar-refractivity contribution is -0.137. The lowest BCUT2D eigenvalue weighted by Gasteiger charge is -2.35. The largest absolute Gasteiger partial charge is 0.416 e. The van der Waals surface area contributed by atoms with E-state index in [0.29, 0.717) is 51.7 Å². The fourth-order valence-corrected chi connectivity index (χ4v) is 2.78. The van der Waals surface area contributed by atoms with Crippen LogP contribution in [0.15, 0.2) is 24.3 Å². The van der Waals surface area contributed by atoms with Crippen molar-refractivity contribution in [1.29, 1.82) is 0 Å². The molecule has 1 saturated heterocycles. The number of benzene rings is 1. The van der Waals surface area contributed by atoms with Gasteiger partial charge >= 0.3 is 6.18 Å². The van der Waals surface area contributed by atoms with Gasteiger partial charge in [-0.15, -0.1) is 0 Å². The van der Waals surface area contributed by atoms with E-state index in [1.165, 1.54) is 12.1 Å². The van der Waals surface area contributed by atoms with Crippen molar-refractivity contribution in [3.63, 3.8) is 0 Å². The van der Waals surface area contributed by atoms with Gasteiger partial charge in [0.05, 0.1) is 18.6 Å². The summed E-state index contributed by atoms with van der Waals surface area (Å²) in [7, 11) is 0. The number of amides is 2. The summed E-state index contributed by atoms with van der Waals surface area (Å²) in [5, 5.41) is 0. The summed E-state index contributed by atoms with van der Waals surface area (Å²) in [5.74, 6) is 0.0799. The number of alkyl halides is 3. The molecule has 27 heavy (non-hydrogen) atoms. The fraction of sp³-hybridized carbons (Fsp3) is 0.579. The predicted molar refractivity (Wildman–Crippen MR) is 94.2 cm³/mol. The van der Waals surface area contributed by atoms with Gasteiger partial charge in [0.1, 0.15) is 0 Å². The second-order valence-electron chi connectivity index (χ2n) is 6.97. The third kappa shape index (κ3) is 6.23. The Morgan fingerprint density at radius 1 is 1.04 bits per heavy atom. The van der Waals surface area contributed by atoms with Gasteiger partial charge in [0.25, 0.3) is 5.91 Å². The van der Waals surface area contributed by atoms with Crippen LogP contribution >= 0.6 is 0 Å². The van der Waals surface area contributed by atoms with Gasteiger partial charge in [0.2, 0.25) is 5.91 Å². The van der Waals surface area contributed by atoms with E-state index in [2.05, 4.69) is 0 Å². The van der Waals surface area contributed by atoms with Crippen molar-refractivity contribution in [2.24, 2.45) is 5.92 Å². The smallest absolute Gasteiger partial charge is 0.381 e. The van der Waals surface area contributed by atoms with Crippen molar-refractivity contribution in [2.45, 2.75) is 26.4 Å². The summed E-state index contributed by atoms with van der Waals surface area (Å²) in [5.41, 5.74) is -0.570. The number of nitrogens with zero attached hydrogens (tertiary/aromatic N) is 2. The minimum Gasteiger partial charge on any atom is -0.381 e. The van der Waals surface area contributed by atoms with Crippen LogP contribution in [0.5, 0.6) is 0 Å². The maximum Gasteiger partial charge on any atom is 0.416 e. The molecule has 0 aliphatic carbocycles. The van der Waals surface area contributed by atoms with Crippen molar-refractivity contribution < 1.29 is 27.5 Å². The molecule has 0 saturated carbocycles.